The summed E-state index contributed by atoms with van der Waals surface area (Å²) in [5, 5.41) is 14.0. The van der Waals surface area contributed by atoms with E-state index in [-0.39, 0.29) is 24.5 Å². The van der Waals surface area contributed by atoms with E-state index in [9.17, 15) is 9.59 Å². The van der Waals surface area contributed by atoms with E-state index in [4.69, 9.17) is 9.84 Å². The molecule has 0 aliphatic heterocycles. The molecule has 0 spiro atoms. The number of methoxy groups -OCH3 is 1. The first kappa shape index (κ1) is 17.7. The Morgan fingerprint density at radius 2 is 1.89 bits per heavy atom. The molecule has 0 rings (SSSR count). The molecule has 1 unspecified atom stereocenters. The zero-order valence-electron chi connectivity index (χ0n) is 12.3. The molecule has 0 heterocycles. The summed E-state index contributed by atoms with van der Waals surface area (Å²) in [5.74, 6) is -0.956. The molecule has 0 fully saturated rings. The van der Waals surface area contributed by atoms with Gasteiger partial charge in [0.25, 0.3) is 0 Å². The molecule has 0 aliphatic carbocycles. The third-order valence-corrected chi connectivity index (χ3v) is 3.12. The number of nitrogens with one attached hydrogen (secondary N) is 2. The van der Waals surface area contributed by atoms with Crippen molar-refractivity contribution in [3.05, 3.63) is 0 Å². The molecule has 0 aromatic rings. The Labute approximate surface area is 114 Å². The first-order valence-corrected chi connectivity index (χ1v) is 6.12. The summed E-state index contributed by atoms with van der Waals surface area (Å²) >= 11 is 0. The second kappa shape index (κ2) is 7.96. The Bertz CT molecular complexity index is 305. The molecule has 0 saturated heterocycles. The molecule has 7 heteroatoms. The number of hydrogen-bond acceptors (Lipinski definition) is 4. The van der Waals surface area contributed by atoms with Crippen molar-refractivity contribution in [3.63, 3.8) is 0 Å². The lowest BCUT2D eigenvalue weighted by molar-refractivity contribution is -0.139. The van der Waals surface area contributed by atoms with Crippen LogP contribution in [-0.4, -0.2) is 67.9 Å². The molecule has 0 bridgehead atoms. The van der Waals surface area contributed by atoms with Gasteiger partial charge in [0, 0.05) is 25.7 Å². The van der Waals surface area contributed by atoms with Gasteiger partial charge in [-0.3, -0.25) is 4.79 Å². The van der Waals surface area contributed by atoms with E-state index in [0.29, 0.717) is 6.54 Å². The molecular formula is C12H25N3O4. The van der Waals surface area contributed by atoms with E-state index in [1.54, 1.807) is 0 Å². The van der Waals surface area contributed by atoms with Crippen LogP contribution in [0.2, 0.25) is 0 Å². The monoisotopic (exact) mass is 275 g/mol. The van der Waals surface area contributed by atoms with Crippen LogP contribution in [0.1, 0.15) is 20.3 Å². The first-order chi connectivity index (χ1) is 8.69. The van der Waals surface area contributed by atoms with Gasteiger partial charge in [-0.15, -0.1) is 0 Å². The molecule has 19 heavy (non-hydrogen) atoms. The summed E-state index contributed by atoms with van der Waals surface area (Å²) in [5.41, 5.74) is -0.154. The fourth-order valence-electron chi connectivity index (χ4n) is 1.16. The van der Waals surface area contributed by atoms with Gasteiger partial charge in [-0.05, 0) is 27.9 Å². The smallest absolute Gasteiger partial charge is 0.314 e. The van der Waals surface area contributed by atoms with Gasteiger partial charge in [-0.1, -0.05) is 0 Å². The predicted molar refractivity (Wildman–Crippen MR) is 72.2 cm³/mol. The lowest BCUT2D eigenvalue weighted by Crippen LogP contribution is -2.51. The number of aliphatic carboxylic acids is 1. The van der Waals surface area contributed by atoms with Crippen LogP contribution < -0.4 is 10.6 Å². The molecule has 0 radical (unpaired) electrons. The Hall–Kier alpha value is -1.34. The number of carbonyl (C=O) groups is 2. The van der Waals surface area contributed by atoms with Crippen molar-refractivity contribution in [2.45, 2.75) is 31.9 Å². The number of likely N-dealkylation sites (N-methyl/N-ethyl adjacent to an activating group) is 1. The molecule has 2 amide bonds. The van der Waals surface area contributed by atoms with Gasteiger partial charge in [-0.2, -0.15) is 0 Å². The number of rotatable bonds is 8. The minimum absolute atomic E-state index is 0.139. The molecule has 0 aliphatic rings. The summed E-state index contributed by atoms with van der Waals surface area (Å²) in [6, 6.07) is -0.331. The summed E-state index contributed by atoms with van der Waals surface area (Å²) in [6.07, 6.45) is -0.662. The van der Waals surface area contributed by atoms with E-state index in [1.807, 2.05) is 32.8 Å². The Kier molecular flexibility index (Phi) is 7.40. The standard InChI is InChI=1S/C12H25N3O4/c1-12(2,15(3)4)8-14-11(18)13-7-9(19-5)6-10(16)17/h9H,6-8H2,1-5H3,(H,16,17)(H2,13,14,18). The highest BCUT2D eigenvalue weighted by Crippen LogP contribution is 2.07. The highest BCUT2D eigenvalue weighted by atomic mass is 16.5. The fourth-order valence-corrected chi connectivity index (χ4v) is 1.16. The van der Waals surface area contributed by atoms with Crippen LogP contribution in [0.25, 0.3) is 0 Å². The largest absolute Gasteiger partial charge is 0.481 e. The van der Waals surface area contributed by atoms with Crippen molar-refractivity contribution in [1.82, 2.24) is 15.5 Å². The Morgan fingerprint density at radius 1 is 1.32 bits per heavy atom. The first-order valence-electron chi connectivity index (χ1n) is 6.12. The molecule has 0 aromatic carbocycles. The highest BCUT2D eigenvalue weighted by molar-refractivity contribution is 5.74. The summed E-state index contributed by atoms with van der Waals surface area (Å²) in [7, 11) is 5.29. The number of carbonyl (C=O) groups excluding carboxylic acids is 1. The number of nitrogens with zero attached hydrogens (tertiary/aromatic N) is 1. The second-order valence-electron chi connectivity index (χ2n) is 5.23. The minimum Gasteiger partial charge on any atom is -0.481 e. The zero-order chi connectivity index (χ0) is 15.1. The Morgan fingerprint density at radius 3 is 2.32 bits per heavy atom. The van der Waals surface area contributed by atoms with Gasteiger partial charge in [0.05, 0.1) is 12.5 Å². The quantitative estimate of drug-likeness (QED) is 0.585. The third-order valence-electron chi connectivity index (χ3n) is 3.12. The van der Waals surface area contributed by atoms with Gasteiger partial charge >= 0.3 is 12.0 Å². The van der Waals surface area contributed by atoms with Crippen LogP contribution in [0.5, 0.6) is 0 Å². The van der Waals surface area contributed by atoms with Crippen molar-refractivity contribution < 1.29 is 19.4 Å². The van der Waals surface area contributed by atoms with Crippen molar-refractivity contribution in [2.75, 3.05) is 34.3 Å². The number of ether oxygens (including phenoxy) is 1. The van der Waals surface area contributed by atoms with Gasteiger partial charge < -0.3 is 25.4 Å². The summed E-state index contributed by atoms with van der Waals surface area (Å²) < 4.78 is 4.96. The molecule has 3 N–H and O–H groups in total. The van der Waals surface area contributed by atoms with Crippen LogP contribution in [0, 0.1) is 0 Å². The van der Waals surface area contributed by atoms with Gasteiger partial charge in [-0.25, -0.2) is 4.79 Å². The van der Waals surface area contributed by atoms with Crippen LogP contribution in [0.3, 0.4) is 0 Å². The van der Waals surface area contributed by atoms with Crippen LogP contribution >= 0.6 is 0 Å². The number of urea groups is 1. The molecule has 0 aromatic heterocycles. The molecule has 7 nitrogen and oxygen atoms in total. The number of carboxylic acid groups (broad SMARTS) is 1. The maximum atomic E-state index is 11.6. The van der Waals surface area contributed by atoms with Crippen LogP contribution in [-0.2, 0) is 9.53 Å². The second-order valence-corrected chi connectivity index (χ2v) is 5.23. The number of carboxylic acids is 1. The third kappa shape index (κ3) is 7.63. The van der Waals surface area contributed by atoms with Crippen molar-refractivity contribution in [3.8, 4) is 0 Å². The minimum atomic E-state index is -0.956. The molecular weight excluding hydrogens is 250 g/mol. The predicted octanol–water partition coefficient (Wildman–Crippen LogP) is 0.116. The summed E-state index contributed by atoms with van der Waals surface area (Å²) in [6.45, 7) is 4.67. The maximum absolute atomic E-state index is 11.6. The van der Waals surface area contributed by atoms with E-state index in [1.165, 1.54) is 7.11 Å². The fraction of sp³-hybridized carbons (Fsp3) is 0.833. The van der Waals surface area contributed by atoms with Gasteiger partial charge in [0.1, 0.15) is 0 Å². The average Bonchev–Trinajstić information content (AvgIpc) is 2.31. The van der Waals surface area contributed by atoms with Crippen molar-refractivity contribution >= 4 is 12.0 Å². The van der Waals surface area contributed by atoms with E-state index >= 15 is 0 Å². The highest BCUT2D eigenvalue weighted by Gasteiger charge is 2.21. The lowest BCUT2D eigenvalue weighted by atomic mass is 10.1. The topological polar surface area (TPSA) is 90.9 Å². The molecule has 1 atom stereocenters. The lowest BCUT2D eigenvalue weighted by Gasteiger charge is -2.32. The van der Waals surface area contributed by atoms with E-state index in [0.717, 1.165) is 0 Å². The van der Waals surface area contributed by atoms with Gasteiger partial charge in [0.15, 0.2) is 0 Å². The maximum Gasteiger partial charge on any atom is 0.314 e. The Balaban J connectivity index is 4.02. The number of amides is 2. The molecule has 112 valence electrons. The average molecular weight is 275 g/mol. The summed E-state index contributed by atoms with van der Waals surface area (Å²) in [4.78, 5) is 24.1. The van der Waals surface area contributed by atoms with Gasteiger partial charge in [0.2, 0.25) is 0 Å². The van der Waals surface area contributed by atoms with Crippen LogP contribution in [0.4, 0.5) is 4.79 Å². The van der Waals surface area contributed by atoms with E-state index < -0.39 is 12.1 Å². The van der Waals surface area contributed by atoms with Crippen molar-refractivity contribution in [2.24, 2.45) is 0 Å². The SMILES string of the molecule is COC(CNC(=O)NCC(C)(C)N(C)C)CC(=O)O. The molecule has 0 saturated carbocycles. The van der Waals surface area contributed by atoms with Crippen LogP contribution in [0.15, 0.2) is 0 Å². The zero-order valence-corrected chi connectivity index (χ0v) is 12.3. The number of hydrogen-bond donors (Lipinski definition) is 3. The van der Waals surface area contributed by atoms with E-state index in [2.05, 4.69) is 10.6 Å². The van der Waals surface area contributed by atoms with Crippen molar-refractivity contribution in [1.29, 1.82) is 0 Å². The normalized spacial score (nSPS) is 13.2.